The third kappa shape index (κ3) is 7.47. The minimum Gasteiger partial charge on any atom is -0.475 e. The van der Waals surface area contributed by atoms with Gasteiger partial charge in [-0.3, -0.25) is 4.79 Å². The van der Waals surface area contributed by atoms with Crippen LogP contribution in [0.4, 0.5) is 13.2 Å². The summed E-state index contributed by atoms with van der Waals surface area (Å²) in [6, 6.07) is 15.9. The first-order valence-electron chi connectivity index (χ1n) is 10.7. The number of hydrogen-bond donors (Lipinski definition) is 2. The van der Waals surface area contributed by atoms with Gasteiger partial charge in [-0.05, 0) is 65.3 Å². The number of nitrogens with zero attached hydrogens (tertiary/aromatic N) is 1. The van der Waals surface area contributed by atoms with Crippen molar-refractivity contribution in [2.24, 2.45) is 5.73 Å². The monoisotopic (exact) mass is 504 g/mol. The first-order valence-corrected chi connectivity index (χ1v) is 11.6. The number of amides is 1. The predicted octanol–water partition coefficient (Wildman–Crippen LogP) is 4.85. The lowest BCUT2D eigenvalue weighted by atomic mass is 9.88. The lowest BCUT2D eigenvalue weighted by Crippen LogP contribution is -2.37. The highest BCUT2D eigenvalue weighted by Crippen LogP contribution is 2.29. The topological polar surface area (TPSA) is 96.8 Å². The van der Waals surface area contributed by atoms with Crippen LogP contribution in [0.25, 0.3) is 0 Å². The zero-order valence-corrected chi connectivity index (χ0v) is 19.4. The van der Waals surface area contributed by atoms with Gasteiger partial charge in [0.15, 0.2) is 11.5 Å². The van der Waals surface area contributed by atoms with Crippen molar-refractivity contribution in [3.63, 3.8) is 0 Å². The van der Waals surface area contributed by atoms with E-state index in [1.54, 1.807) is 23.5 Å². The van der Waals surface area contributed by atoms with E-state index < -0.39 is 12.1 Å². The summed E-state index contributed by atoms with van der Waals surface area (Å²) in [5.41, 5.74) is 8.23. The van der Waals surface area contributed by atoms with Crippen molar-refractivity contribution in [3.8, 4) is 11.8 Å². The number of nitrogens with two attached hydrogens (primary N) is 1. The number of thiophene rings is 1. The number of carbonyl (C=O) groups is 2. The molecule has 3 aromatic rings. The van der Waals surface area contributed by atoms with Gasteiger partial charge in [-0.15, -0.1) is 11.3 Å². The Hall–Kier alpha value is -3.55. The molecule has 1 aromatic carbocycles. The van der Waals surface area contributed by atoms with Crippen molar-refractivity contribution < 1.29 is 32.3 Å². The SMILES string of the molecule is NCc1cccc(C2CCN(C(=O)c3ccc(C#Cc4cccs4)o3)CC2)c1.O=C(O)C(F)(F)F. The normalized spacial score (nSPS) is 13.9. The summed E-state index contributed by atoms with van der Waals surface area (Å²) < 4.78 is 37.4. The van der Waals surface area contributed by atoms with Crippen molar-refractivity contribution in [1.82, 2.24) is 4.90 Å². The molecule has 3 heterocycles. The third-order valence-electron chi connectivity index (χ3n) is 5.33. The van der Waals surface area contributed by atoms with E-state index >= 15 is 0 Å². The largest absolute Gasteiger partial charge is 0.490 e. The highest BCUT2D eigenvalue weighted by molar-refractivity contribution is 7.10. The molecule has 3 N–H and O–H groups in total. The highest BCUT2D eigenvalue weighted by Gasteiger charge is 2.38. The minimum atomic E-state index is -5.08. The van der Waals surface area contributed by atoms with Gasteiger partial charge in [-0.1, -0.05) is 30.3 Å². The molecule has 2 aromatic heterocycles. The van der Waals surface area contributed by atoms with Crippen LogP contribution in [-0.4, -0.2) is 41.1 Å². The Morgan fingerprint density at radius 1 is 1.11 bits per heavy atom. The summed E-state index contributed by atoms with van der Waals surface area (Å²) in [7, 11) is 0. The van der Waals surface area contributed by atoms with Crippen LogP contribution in [0, 0.1) is 11.8 Å². The highest BCUT2D eigenvalue weighted by atomic mass is 32.1. The van der Waals surface area contributed by atoms with Crippen LogP contribution >= 0.6 is 11.3 Å². The maximum atomic E-state index is 12.8. The quantitative estimate of drug-likeness (QED) is 0.497. The number of carboxylic acid groups (broad SMARTS) is 1. The third-order valence-corrected chi connectivity index (χ3v) is 6.11. The van der Waals surface area contributed by atoms with E-state index in [0.29, 0.717) is 24.0 Å². The number of likely N-dealkylation sites (tertiary alicyclic amines) is 1. The van der Waals surface area contributed by atoms with E-state index in [1.165, 1.54) is 5.56 Å². The zero-order chi connectivity index (χ0) is 25.4. The number of hydrogen-bond acceptors (Lipinski definition) is 5. The van der Waals surface area contributed by atoms with Crippen molar-refractivity contribution >= 4 is 23.2 Å². The molecular weight excluding hydrogens is 481 g/mol. The Labute approximate surface area is 204 Å². The van der Waals surface area contributed by atoms with Crippen LogP contribution in [0.15, 0.2) is 58.3 Å². The number of rotatable bonds is 3. The number of furan rings is 1. The molecule has 35 heavy (non-hydrogen) atoms. The molecule has 6 nitrogen and oxygen atoms in total. The molecule has 1 aliphatic rings. The van der Waals surface area contributed by atoms with Crippen molar-refractivity contribution in [3.05, 3.63) is 81.4 Å². The summed E-state index contributed by atoms with van der Waals surface area (Å²) in [5.74, 6) is 4.56. The van der Waals surface area contributed by atoms with E-state index in [9.17, 15) is 18.0 Å². The molecule has 0 radical (unpaired) electrons. The Morgan fingerprint density at radius 3 is 2.43 bits per heavy atom. The number of carboxylic acids is 1. The maximum absolute atomic E-state index is 12.8. The first kappa shape index (κ1) is 26.1. The van der Waals surface area contributed by atoms with Crippen LogP contribution in [0.2, 0.25) is 0 Å². The first-order chi connectivity index (χ1) is 16.7. The zero-order valence-electron chi connectivity index (χ0n) is 18.5. The van der Waals surface area contributed by atoms with Gasteiger partial charge in [-0.2, -0.15) is 13.2 Å². The minimum absolute atomic E-state index is 0.0571. The molecule has 0 saturated carbocycles. The van der Waals surface area contributed by atoms with E-state index in [-0.39, 0.29) is 5.91 Å². The van der Waals surface area contributed by atoms with Gasteiger partial charge in [0, 0.05) is 19.6 Å². The molecule has 1 aliphatic heterocycles. The van der Waals surface area contributed by atoms with Crippen LogP contribution in [0.1, 0.15) is 51.1 Å². The molecule has 0 bridgehead atoms. The van der Waals surface area contributed by atoms with Crippen LogP contribution < -0.4 is 5.73 Å². The van der Waals surface area contributed by atoms with Gasteiger partial charge < -0.3 is 20.2 Å². The van der Waals surface area contributed by atoms with Gasteiger partial charge in [0.2, 0.25) is 0 Å². The number of alkyl halides is 3. The number of halogens is 3. The van der Waals surface area contributed by atoms with Gasteiger partial charge in [0.25, 0.3) is 5.91 Å². The van der Waals surface area contributed by atoms with Gasteiger partial charge >= 0.3 is 12.1 Å². The molecule has 0 spiro atoms. The average Bonchev–Trinajstić information content (AvgIpc) is 3.54. The van der Waals surface area contributed by atoms with Crippen LogP contribution in [0.5, 0.6) is 0 Å². The van der Waals surface area contributed by atoms with Crippen molar-refractivity contribution in [2.75, 3.05) is 13.1 Å². The lowest BCUT2D eigenvalue weighted by molar-refractivity contribution is -0.192. The second kappa shape index (κ2) is 11.7. The van der Waals surface area contributed by atoms with E-state index in [2.05, 4.69) is 36.1 Å². The summed E-state index contributed by atoms with van der Waals surface area (Å²) in [4.78, 5) is 24.5. The summed E-state index contributed by atoms with van der Waals surface area (Å²) in [6.45, 7) is 2.02. The molecule has 1 saturated heterocycles. The maximum Gasteiger partial charge on any atom is 0.490 e. The summed E-state index contributed by atoms with van der Waals surface area (Å²) >= 11 is 1.58. The number of aliphatic carboxylic acids is 1. The van der Waals surface area contributed by atoms with E-state index in [1.807, 2.05) is 22.4 Å². The average molecular weight is 505 g/mol. The number of carbonyl (C=O) groups excluding carboxylic acids is 1. The van der Waals surface area contributed by atoms with Gasteiger partial charge in [0.05, 0.1) is 4.88 Å². The molecule has 0 aliphatic carbocycles. The Balaban J connectivity index is 0.000000429. The smallest absolute Gasteiger partial charge is 0.475 e. The molecule has 0 unspecified atom stereocenters. The fourth-order valence-corrected chi connectivity index (χ4v) is 4.11. The number of piperidine rings is 1. The van der Waals surface area contributed by atoms with Crippen molar-refractivity contribution in [2.45, 2.75) is 31.5 Å². The van der Waals surface area contributed by atoms with Crippen LogP contribution in [-0.2, 0) is 11.3 Å². The predicted molar refractivity (Wildman–Crippen MR) is 125 cm³/mol. The van der Waals surface area contributed by atoms with Gasteiger partial charge in [0.1, 0.15) is 0 Å². The summed E-state index contributed by atoms with van der Waals surface area (Å²) in [6.07, 6.45) is -3.18. The molecule has 4 rings (SSSR count). The number of benzene rings is 1. The fraction of sp³-hybridized carbons (Fsp3) is 0.280. The Bertz CT molecular complexity index is 1200. The second-order valence-electron chi connectivity index (χ2n) is 7.71. The van der Waals surface area contributed by atoms with Crippen molar-refractivity contribution in [1.29, 1.82) is 0 Å². The molecular formula is C25H23F3N2O4S. The van der Waals surface area contributed by atoms with E-state index in [0.717, 1.165) is 36.4 Å². The standard InChI is InChI=1S/C23H22N2O2S.C2HF3O2/c24-16-17-3-1-4-19(15-17)18-10-12-25(13-11-18)23(26)22-9-7-20(27-22)6-8-21-5-2-14-28-21;3-2(4,5)1(6)7/h1-5,7,9,14-15,18H,10-13,16,24H2;(H,6,7). The Kier molecular flexibility index (Phi) is 8.73. The van der Waals surface area contributed by atoms with Gasteiger partial charge in [-0.25, -0.2) is 4.79 Å². The molecule has 1 amide bonds. The molecule has 1 fully saturated rings. The molecule has 184 valence electrons. The van der Waals surface area contributed by atoms with E-state index in [4.69, 9.17) is 20.1 Å². The molecule has 10 heteroatoms. The lowest BCUT2D eigenvalue weighted by Gasteiger charge is -2.31. The summed E-state index contributed by atoms with van der Waals surface area (Å²) in [5, 5.41) is 9.11. The second-order valence-corrected chi connectivity index (χ2v) is 8.66. The Morgan fingerprint density at radius 2 is 1.83 bits per heavy atom. The fourth-order valence-electron chi connectivity index (χ4n) is 3.54. The molecule has 0 atom stereocenters. The van der Waals surface area contributed by atoms with Crippen LogP contribution in [0.3, 0.4) is 0 Å².